The standard InChI is InChI=1S/C19H26N4O3/c1-19(2,3)26-18(24)23-8-6-13(7-9-23)12-25-17-11-21-16-10-14(20)4-5-15(16)22-17/h4-5,10-11,13H,6-9,12,20H2,1-3H3. The Morgan fingerprint density at radius 2 is 2.00 bits per heavy atom. The van der Waals surface area contributed by atoms with Crippen molar-refractivity contribution in [2.45, 2.75) is 39.2 Å². The summed E-state index contributed by atoms with van der Waals surface area (Å²) in [6.07, 6.45) is 3.15. The number of hydrogen-bond donors (Lipinski definition) is 1. The van der Waals surface area contributed by atoms with Crippen molar-refractivity contribution in [1.29, 1.82) is 0 Å². The Hall–Kier alpha value is -2.57. The van der Waals surface area contributed by atoms with Gasteiger partial charge in [0.15, 0.2) is 0 Å². The highest BCUT2D eigenvalue weighted by molar-refractivity contribution is 5.78. The van der Waals surface area contributed by atoms with Gasteiger partial charge in [0.05, 0.1) is 23.8 Å². The second-order valence-electron chi connectivity index (χ2n) is 7.68. The molecule has 26 heavy (non-hydrogen) atoms. The number of likely N-dealkylation sites (tertiary alicyclic amines) is 1. The van der Waals surface area contributed by atoms with Gasteiger partial charge in [-0.1, -0.05) is 0 Å². The van der Waals surface area contributed by atoms with Gasteiger partial charge in [0.1, 0.15) is 5.60 Å². The highest BCUT2D eigenvalue weighted by atomic mass is 16.6. The largest absolute Gasteiger partial charge is 0.476 e. The predicted molar refractivity (Wildman–Crippen MR) is 100.0 cm³/mol. The van der Waals surface area contributed by atoms with Crippen molar-refractivity contribution in [3.63, 3.8) is 0 Å². The zero-order valence-corrected chi connectivity index (χ0v) is 15.6. The molecule has 0 aliphatic carbocycles. The van der Waals surface area contributed by atoms with Gasteiger partial charge >= 0.3 is 6.09 Å². The fourth-order valence-electron chi connectivity index (χ4n) is 2.89. The molecule has 0 bridgehead atoms. The third-order valence-corrected chi connectivity index (χ3v) is 4.28. The lowest BCUT2D eigenvalue weighted by atomic mass is 9.98. The number of aromatic nitrogens is 2. The van der Waals surface area contributed by atoms with Crippen LogP contribution in [-0.2, 0) is 4.74 Å². The Balaban J connectivity index is 1.49. The van der Waals surface area contributed by atoms with Crippen LogP contribution in [0.4, 0.5) is 10.5 Å². The van der Waals surface area contributed by atoms with E-state index in [0.29, 0.717) is 37.2 Å². The van der Waals surface area contributed by atoms with Crippen molar-refractivity contribution >= 4 is 22.8 Å². The molecule has 7 nitrogen and oxygen atoms in total. The van der Waals surface area contributed by atoms with Gasteiger partial charge in [-0.05, 0) is 57.7 Å². The van der Waals surface area contributed by atoms with Gasteiger partial charge in [0.25, 0.3) is 0 Å². The van der Waals surface area contributed by atoms with Gasteiger partial charge in [-0.3, -0.25) is 0 Å². The van der Waals surface area contributed by atoms with Gasteiger partial charge in [0.2, 0.25) is 5.88 Å². The van der Waals surface area contributed by atoms with Gasteiger partial charge in [0, 0.05) is 18.8 Å². The maximum atomic E-state index is 12.1. The Kier molecular flexibility index (Phi) is 5.15. The van der Waals surface area contributed by atoms with Crippen molar-refractivity contribution in [3.8, 4) is 5.88 Å². The molecule has 2 N–H and O–H groups in total. The first-order chi connectivity index (χ1) is 12.3. The molecule has 1 amide bonds. The number of fused-ring (bicyclic) bond motifs is 1. The summed E-state index contributed by atoms with van der Waals surface area (Å²) in [6, 6.07) is 5.43. The molecule has 0 radical (unpaired) electrons. The molecule has 140 valence electrons. The van der Waals surface area contributed by atoms with Crippen molar-refractivity contribution in [1.82, 2.24) is 14.9 Å². The number of nitrogen functional groups attached to an aromatic ring is 1. The van der Waals surface area contributed by atoms with Gasteiger partial charge in [-0.2, -0.15) is 0 Å². The lowest BCUT2D eigenvalue weighted by molar-refractivity contribution is 0.0164. The number of nitrogens with two attached hydrogens (primary N) is 1. The molecule has 0 unspecified atom stereocenters. The average molecular weight is 358 g/mol. The highest BCUT2D eigenvalue weighted by Gasteiger charge is 2.27. The summed E-state index contributed by atoms with van der Waals surface area (Å²) in [4.78, 5) is 22.7. The minimum Gasteiger partial charge on any atom is -0.476 e. The van der Waals surface area contributed by atoms with Gasteiger partial charge in [-0.15, -0.1) is 0 Å². The lowest BCUT2D eigenvalue weighted by Crippen LogP contribution is -2.42. The summed E-state index contributed by atoms with van der Waals surface area (Å²) >= 11 is 0. The molecule has 1 aromatic heterocycles. The van der Waals surface area contributed by atoms with E-state index in [1.165, 1.54) is 0 Å². The van der Waals surface area contributed by atoms with E-state index >= 15 is 0 Å². The van der Waals surface area contributed by atoms with E-state index in [9.17, 15) is 4.79 Å². The van der Waals surface area contributed by atoms with E-state index in [1.54, 1.807) is 23.2 Å². The molecule has 2 aromatic rings. The van der Waals surface area contributed by atoms with Crippen molar-refractivity contribution in [3.05, 3.63) is 24.4 Å². The Bertz CT molecular complexity index is 780. The van der Waals surface area contributed by atoms with Crippen LogP contribution in [0.1, 0.15) is 33.6 Å². The van der Waals surface area contributed by atoms with E-state index in [-0.39, 0.29) is 6.09 Å². The molecule has 7 heteroatoms. The smallest absolute Gasteiger partial charge is 0.410 e. The average Bonchev–Trinajstić information content (AvgIpc) is 2.59. The number of rotatable bonds is 3. The lowest BCUT2D eigenvalue weighted by Gasteiger charge is -2.33. The number of amides is 1. The minimum absolute atomic E-state index is 0.239. The molecule has 0 saturated carbocycles. The first-order valence-corrected chi connectivity index (χ1v) is 8.93. The fourth-order valence-corrected chi connectivity index (χ4v) is 2.89. The van der Waals surface area contributed by atoms with Crippen LogP contribution in [0.3, 0.4) is 0 Å². The van der Waals surface area contributed by atoms with Crippen LogP contribution < -0.4 is 10.5 Å². The van der Waals surface area contributed by atoms with Crippen LogP contribution in [-0.4, -0.2) is 46.3 Å². The summed E-state index contributed by atoms with van der Waals surface area (Å²) in [6.45, 7) is 7.58. The number of benzene rings is 1. The molecular weight excluding hydrogens is 332 g/mol. The molecule has 3 rings (SSSR count). The van der Waals surface area contributed by atoms with Crippen LogP contribution in [0.5, 0.6) is 5.88 Å². The zero-order chi connectivity index (χ0) is 18.7. The van der Waals surface area contributed by atoms with Crippen LogP contribution in [0.2, 0.25) is 0 Å². The predicted octanol–water partition coefficient (Wildman–Crippen LogP) is 3.24. The minimum atomic E-state index is -0.462. The fraction of sp³-hybridized carbons (Fsp3) is 0.526. The molecule has 1 saturated heterocycles. The van der Waals surface area contributed by atoms with Crippen LogP contribution in [0.15, 0.2) is 24.4 Å². The number of ether oxygens (including phenoxy) is 2. The normalized spacial score (nSPS) is 15.9. The third-order valence-electron chi connectivity index (χ3n) is 4.28. The number of carbonyl (C=O) groups is 1. The Morgan fingerprint density at radius 1 is 1.27 bits per heavy atom. The van der Waals surface area contributed by atoms with Crippen LogP contribution in [0.25, 0.3) is 11.0 Å². The maximum absolute atomic E-state index is 12.1. The number of anilines is 1. The van der Waals surface area contributed by atoms with Crippen molar-refractivity contribution in [2.75, 3.05) is 25.4 Å². The van der Waals surface area contributed by atoms with Crippen molar-refractivity contribution in [2.24, 2.45) is 5.92 Å². The number of hydrogen-bond acceptors (Lipinski definition) is 6. The summed E-state index contributed by atoms with van der Waals surface area (Å²) in [5.41, 5.74) is 7.46. The quantitative estimate of drug-likeness (QED) is 0.847. The summed E-state index contributed by atoms with van der Waals surface area (Å²) < 4.78 is 11.2. The Labute approximate surface area is 153 Å². The monoisotopic (exact) mass is 358 g/mol. The van der Waals surface area contributed by atoms with E-state index < -0.39 is 5.60 Å². The topological polar surface area (TPSA) is 90.6 Å². The third kappa shape index (κ3) is 4.74. The van der Waals surface area contributed by atoms with Gasteiger partial charge in [-0.25, -0.2) is 14.8 Å². The van der Waals surface area contributed by atoms with Crippen LogP contribution >= 0.6 is 0 Å². The first kappa shape index (κ1) is 18.2. The SMILES string of the molecule is CC(C)(C)OC(=O)N1CCC(COc2cnc3cc(N)ccc3n2)CC1. The molecular formula is C19H26N4O3. The van der Waals surface area contributed by atoms with E-state index in [2.05, 4.69) is 9.97 Å². The number of piperidine rings is 1. The summed E-state index contributed by atoms with van der Waals surface area (Å²) in [7, 11) is 0. The molecule has 0 spiro atoms. The second-order valence-corrected chi connectivity index (χ2v) is 7.68. The Morgan fingerprint density at radius 3 is 2.69 bits per heavy atom. The zero-order valence-electron chi connectivity index (χ0n) is 15.6. The van der Waals surface area contributed by atoms with E-state index in [1.807, 2.05) is 26.8 Å². The number of carbonyl (C=O) groups excluding carboxylic acids is 1. The van der Waals surface area contributed by atoms with E-state index in [4.69, 9.17) is 15.2 Å². The van der Waals surface area contributed by atoms with E-state index in [0.717, 1.165) is 23.9 Å². The summed E-state index contributed by atoms with van der Waals surface area (Å²) in [5, 5.41) is 0. The molecule has 0 atom stereocenters. The molecule has 1 fully saturated rings. The molecule has 1 aliphatic heterocycles. The highest BCUT2D eigenvalue weighted by Crippen LogP contribution is 2.22. The number of nitrogens with zero attached hydrogens (tertiary/aromatic N) is 3. The molecule has 1 aliphatic rings. The maximum Gasteiger partial charge on any atom is 0.410 e. The van der Waals surface area contributed by atoms with Crippen molar-refractivity contribution < 1.29 is 14.3 Å². The van der Waals surface area contributed by atoms with Crippen LogP contribution in [0, 0.1) is 5.92 Å². The van der Waals surface area contributed by atoms with Gasteiger partial charge < -0.3 is 20.1 Å². The first-order valence-electron chi connectivity index (χ1n) is 8.93. The second kappa shape index (κ2) is 7.35. The molecule has 2 heterocycles. The summed E-state index contributed by atoms with van der Waals surface area (Å²) in [5.74, 6) is 0.898. The molecule has 1 aromatic carbocycles.